The maximum absolute atomic E-state index is 5.98. The van der Waals surface area contributed by atoms with E-state index in [1.54, 1.807) is 0 Å². The summed E-state index contributed by atoms with van der Waals surface area (Å²) in [6.45, 7) is 6.33. The van der Waals surface area contributed by atoms with Crippen molar-refractivity contribution in [1.29, 1.82) is 0 Å². The topological polar surface area (TPSA) is 54.2 Å². The first-order valence-electron chi connectivity index (χ1n) is 7.25. The van der Waals surface area contributed by atoms with Crippen molar-refractivity contribution >= 4 is 24.0 Å². The highest BCUT2D eigenvalue weighted by atomic mass is 35.5. The van der Waals surface area contributed by atoms with Crippen LogP contribution in [0.5, 0.6) is 0 Å². The number of rotatable bonds is 4. The number of halogens is 2. The molecule has 0 aliphatic carbocycles. The molecule has 0 bridgehead atoms. The fourth-order valence-electron chi connectivity index (χ4n) is 2.56. The molecule has 5 nitrogen and oxygen atoms in total. The summed E-state index contributed by atoms with van der Waals surface area (Å²) in [5, 5.41) is 8.10. The summed E-state index contributed by atoms with van der Waals surface area (Å²) in [4.78, 5) is 6.90. The molecule has 2 aromatic rings. The molecule has 3 rings (SSSR count). The van der Waals surface area contributed by atoms with E-state index in [1.165, 1.54) is 0 Å². The van der Waals surface area contributed by atoms with Crippen molar-refractivity contribution < 1.29 is 4.52 Å². The second-order valence-electron chi connectivity index (χ2n) is 5.36. The molecular weight excluding hydrogens is 323 g/mol. The molecule has 1 aliphatic rings. The molecule has 120 valence electrons. The number of nitrogens with zero attached hydrogens (tertiary/aromatic N) is 3. The summed E-state index contributed by atoms with van der Waals surface area (Å²) in [5.74, 6) is 1.27. The smallest absolute Gasteiger partial charge is 0.228 e. The van der Waals surface area contributed by atoms with Crippen molar-refractivity contribution in [2.75, 3.05) is 26.2 Å². The van der Waals surface area contributed by atoms with Crippen LogP contribution in [-0.4, -0.2) is 47.3 Å². The Balaban J connectivity index is 0.00000176. The van der Waals surface area contributed by atoms with Crippen molar-refractivity contribution in [2.45, 2.75) is 19.4 Å². The fourth-order valence-corrected chi connectivity index (χ4v) is 2.75. The van der Waals surface area contributed by atoms with Crippen LogP contribution in [0.4, 0.5) is 0 Å². The number of aromatic nitrogens is 2. The van der Waals surface area contributed by atoms with E-state index >= 15 is 0 Å². The monoisotopic (exact) mass is 342 g/mol. The van der Waals surface area contributed by atoms with Gasteiger partial charge in [-0.25, -0.2) is 0 Å². The lowest BCUT2D eigenvalue weighted by atomic mass is 10.2. The molecular formula is C15H20Cl2N4O. The Bertz CT molecular complexity index is 605. The molecule has 1 fully saturated rings. The normalized spacial score (nSPS) is 18.9. The Kier molecular flexibility index (Phi) is 6.20. The number of benzene rings is 1. The van der Waals surface area contributed by atoms with Gasteiger partial charge in [-0.1, -0.05) is 28.9 Å². The van der Waals surface area contributed by atoms with Crippen molar-refractivity contribution in [1.82, 2.24) is 20.4 Å². The summed E-state index contributed by atoms with van der Waals surface area (Å²) in [7, 11) is 0. The molecule has 2 heterocycles. The average molecular weight is 343 g/mol. The van der Waals surface area contributed by atoms with Crippen LogP contribution in [0.25, 0.3) is 11.4 Å². The highest BCUT2D eigenvalue weighted by molar-refractivity contribution is 6.30. The van der Waals surface area contributed by atoms with Crippen LogP contribution in [0, 0.1) is 0 Å². The zero-order valence-corrected chi connectivity index (χ0v) is 14.0. The van der Waals surface area contributed by atoms with Gasteiger partial charge in [-0.05, 0) is 19.1 Å². The zero-order valence-electron chi connectivity index (χ0n) is 12.5. The van der Waals surface area contributed by atoms with Gasteiger partial charge in [-0.2, -0.15) is 4.98 Å². The van der Waals surface area contributed by atoms with Crippen LogP contribution < -0.4 is 5.32 Å². The molecule has 0 radical (unpaired) electrons. The molecule has 0 saturated carbocycles. The van der Waals surface area contributed by atoms with Gasteiger partial charge < -0.3 is 9.84 Å². The number of hydrogen-bond donors (Lipinski definition) is 1. The molecule has 1 aromatic heterocycles. The van der Waals surface area contributed by atoms with Gasteiger partial charge in [0.05, 0.1) is 0 Å². The van der Waals surface area contributed by atoms with Crippen LogP contribution in [0.3, 0.4) is 0 Å². The molecule has 1 saturated heterocycles. The summed E-state index contributed by atoms with van der Waals surface area (Å²) < 4.78 is 5.34. The maximum atomic E-state index is 5.98. The first kappa shape index (κ1) is 17.2. The molecule has 0 amide bonds. The van der Waals surface area contributed by atoms with E-state index in [0.717, 1.165) is 38.2 Å². The SMILES string of the molecule is C[C@@H]1CNCCN1CCc1nc(-c2cccc(Cl)c2)no1.Cl. The lowest BCUT2D eigenvalue weighted by molar-refractivity contribution is 0.171. The van der Waals surface area contributed by atoms with Crippen LogP contribution in [0.15, 0.2) is 28.8 Å². The zero-order chi connectivity index (χ0) is 14.7. The van der Waals surface area contributed by atoms with Gasteiger partial charge in [0.15, 0.2) is 0 Å². The predicted molar refractivity (Wildman–Crippen MR) is 89.6 cm³/mol. The van der Waals surface area contributed by atoms with E-state index < -0.39 is 0 Å². The van der Waals surface area contributed by atoms with Crippen LogP contribution >= 0.6 is 24.0 Å². The van der Waals surface area contributed by atoms with E-state index in [9.17, 15) is 0 Å². The first-order chi connectivity index (χ1) is 10.2. The molecule has 22 heavy (non-hydrogen) atoms. The largest absolute Gasteiger partial charge is 0.339 e. The van der Waals surface area contributed by atoms with Gasteiger partial charge in [0, 0.05) is 49.2 Å². The van der Waals surface area contributed by atoms with E-state index in [-0.39, 0.29) is 12.4 Å². The second kappa shape index (κ2) is 7.92. The van der Waals surface area contributed by atoms with Gasteiger partial charge >= 0.3 is 0 Å². The van der Waals surface area contributed by atoms with E-state index in [1.807, 2.05) is 24.3 Å². The Labute approximate surface area is 141 Å². The molecule has 1 aromatic carbocycles. The van der Waals surface area contributed by atoms with Gasteiger partial charge in [-0.15, -0.1) is 12.4 Å². The third kappa shape index (κ3) is 4.20. The molecule has 1 atom stereocenters. The van der Waals surface area contributed by atoms with Crippen molar-refractivity contribution in [3.63, 3.8) is 0 Å². The van der Waals surface area contributed by atoms with E-state index in [4.69, 9.17) is 16.1 Å². The quantitative estimate of drug-likeness (QED) is 0.925. The summed E-state index contributed by atoms with van der Waals surface area (Å²) >= 11 is 5.98. The minimum atomic E-state index is 0. The Morgan fingerprint density at radius 3 is 3.09 bits per heavy atom. The van der Waals surface area contributed by atoms with Gasteiger partial charge in [0.1, 0.15) is 0 Å². The Hall–Kier alpha value is -1.14. The number of piperazine rings is 1. The number of hydrogen-bond acceptors (Lipinski definition) is 5. The van der Waals surface area contributed by atoms with Crippen molar-refractivity contribution in [3.8, 4) is 11.4 Å². The second-order valence-corrected chi connectivity index (χ2v) is 5.80. The molecule has 0 unspecified atom stereocenters. The molecule has 1 N–H and O–H groups in total. The summed E-state index contributed by atoms with van der Waals surface area (Å²) in [6, 6.07) is 8.04. The minimum Gasteiger partial charge on any atom is -0.339 e. The Morgan fingerprint density at radius 1 is 1.45 bits per heavy atom. The van der Waals surface area contributed by atoms with E-state index in [2.05, 4.69) is 27.3 Å². The van der Waals surface area contributed by atoms with Gasteiger partial charge in [0.2, 0.25) is 11.7 Å². The van der Waals surface area contributed by atoms with Crippen LogP contribution in [0.2, 0.25) is 5.02 Å². The fraction of sp³-hybridized carbons (Fsp3) is 0.467. The summed E-state index contributed by atoms with van der Waals surface area (Å²) in [6.07, 6.45) is 0.776. The molecule has 7 heteroatoms. The average Bonchev–Trinajstić information content (AvgIpc) is 2.95. The van der Waals surface area contributed by atoms with Crippen LogP contribution in [0.1, 0.15) is 12.8 Å². The molecule has 1 aliphatic heterocycles. The Morgan fingerprint density at radius 2 is 2.32 bits per heavy atom. The summed E-state index contributed by atoms with van der Waals surface area (Å²) in [5.41, 5.74) is 0.882. The number of nitrogens with one attached hydrogen (secondary N) is 1. The third-order valence-corrected chi connectivity index (χ3v) is 4.04. The van der Waals surface area contributed by atoms with Crippen molar-refractivity contribution in [2.24, 2.45) is 0 Å². The van der Waals surface area contributed by atoms with E-state index in [0.29, 0.717) is 22.8 Å². The highest BCUT2D eigenvalue weighted by Gasteiger charge is 2.18. The first-order valence-corrected chi connectivity index (χ1v) is 7.63. The highest BCUT2D eigenvalue weighted by Crippen LogP contribution is 2.20. The lowest BCUT2D eigenvalue weighted by Gasteiger charge is -2.33. The maximum Gasteiger partial charge on any atom is 0.228 e. The lowest BCUT2D eigenvalue weighted by Crippen LogP contribution is -2.50. The van der Waals surface area contributed by atoms with Gasteiger partial charge in [0.25, 0.3) is 0 Å². The molecule has 0 spiro atoms. The van der Waals surface area contributed by atoms with Crippen LogP contribution in [-0.2, 0) is 6.42 Å². The minimum absolute atomic E-state index is 0. The van der Waals surface area contributed by atoms with Crippen molar-refractivity contribution in [3.05, 3.63) is 35.2 Å². The third-order valence-electron chi connectivity index (χ3n) is 3.80. The van der Waals surface area contributed by atoms with Gasteiger partial charge in [-0.3, -0.25) is 4.90 Å². The predicted octanol–water partition coefficient (Wildman–Crippen LogP) is 2.65. The standard InChI is InChI=1S/C15H19ClN4O.ClH/c1-11-10-17-6-8-20(11)7-5-14-18-15(19-21-14)12-3-2-4-13(16)9-12;/h2-4,9,11,17H,5-8,10H2,1H3;1H/t11-;/m1./s1.